The molecular formula is C12H8BrClN2. The van der Waals surface area contributed by atoms with Crippen LogP contribution in [0.2, 0.25) is 5.02 Å². The van der Waals surface area contributed by atoms with Crippen LogP contribution in [0.5, 0.6) is 0 Å². The number of rotatable bonds is 0. The van der Waals surface area contributed by atoms with Crippen molar-refractivity contribution in [3.8, 4) is 6.07 Å². The maximum absolute atomic E-state index is 8.91. The average Bonchev–Trinajstić information content (AvgIpc) is 2.26. The molecule has 16 heavy (non-hydrogen) atoms. The van der Waals surface area contributed by atoms with Gasteiger partial charge in [0, 0.05) is 16.1 Å². The molecule has 80 valence electrons. The summed E-state index contributed by atoms with van der Waals surface area (Å²) in [5.74, 6) is 0. The van der Waals surface area contributed by atoms with Crippen LogP contribution in [0.3, 0.4) is 0 Å². The average molecular weight is 296 g/mol. The molecular weight excluding hydrogens is 288 g/mol. The number of aromatic nitrogens is 1. The Labute approximate surface area is 107 Å². The van der Waals surface area contributed by atoms with Crippen LogP contribution in [-0.2, 0) is 0 Å². The van der Waals surface area contributed by atoms with Crippen LogP contribution in [0.25, 0.3) is 10.9 Å². The highest BCUT2D eigenvalue weighted by Gasteiger charge is 2.12. The predicted molar refractivity (Wildman–Crippen MR) is 68.6 cm³/mol. The normalized spacial score (nSPS) is 10.4. The number of benzene rings is 1. The monoisotopic (exact) mass is 294 g/mol. The molecule has 0 spiro atoms. The number of fused-ring (bicyclic) bond motifs is 1. The van der Waals surface area contributed by atoms with E-state index in [4.69, 9.17) is 16.9 Å². The van der Waals surface area contributed by atoms with E-state index in [9.17, 15) is 0 Å². The molecule has 2 aromatic rings. The SMILES string of the molecule is Cc1cc2ncc(C#N)c(Cl)c2c(C)c1Br. The summed E-state index contributed by atoms with van der Waals surface area (Å²) >= 11 is 9.70. The highest BCUT2D eigenvalue weighted by Crippen LogP contribution is 2.34. The molecule has 1 aromatic heterocycles. The van der Waals surface area contributed by atoms with Crippen LogP contribution >= 0.6 is 27.5 Å². The topological polar surface area (TPSA) is 36.7 Å². The molecule has 0 N–H and O–H groups in total. The number of nitrogens with zero attached hydrogens (tertiary/aromatic N) is 2. The lowest BCUT2D eigenvalue weighted by Gasteiger charge is -2.09. The van der Waals surface area contributed by atoms with Crippen molar-refractivity contribution in [1.29, 1.82) is 5.26 Å². The van der Waals surface area contributed by atoms with Gasteiger partial charge in [-0.15, -0.1) is 0 Å². The smallest absolute Gasteiger partial charge is 0.102 e. The minimum atomic E-state index is 0.410. The molecule has 0 amide bonds. The third-order valence-electron chi connectivity index (χ3n) is 2.57. The van der Waals surface area contributed by atoms with Crippen molar-refractivity contribution in [2.24, 2.45) is 0 Å². The number of pyridine rings is 1. The van der Waals surface area contributed by atoms with Gasteiger partial charge in [-0.05, 0) is 31.0 Å². The second-order valence-corrected chi connectivity index (χ2v) is 4.80. The molecule has 0 aliphatic rings. The third kappa shape index (κ3) is 1.59. The van der Waals surface area contributed by atoms with Crippen molar-refractivity contribution in [2.45, 2.75) is 13.8 Å². The molecule has 0 bridgehead atoms. The first kappa shape index (κ1) is 11.4. The number of halogens is 2. The Balaban J connectivity index is 3.00. The first-order valence-electron chi connectivity index (χ1n) is 4.70. The van der Waals surface area contributed by atoms with Crippen molar-refractivity contribution < 1.29 is 0 Å². The highest BCUT2D eigenvalue weighted by atomic mass is 79.9. The Hall–Kier alpha value is -1.11. The van der Waals surface area contributed by atoms with Gasteiger partial charge in [0.25, 0.3) is 0 Å². The number of aryl methyl sites for hydroxylation is 2. The van der Waals surface area contributed by atoms with Crippen LogP contribution in [0.1, 0.15) is 16.7 Å². The van der Waals surface area contributed by atoms with E-state index in [2.05, 4.69) is 20.9 Å². The standard InChI is InChI=1S/C12H8BrClN2/c1-6-3-9-10(7(2)11(6)13)12(14)8(4-15)5-16-9/h3,5H,1-2H3. The van der Waals surface area contributed by atoms with E-state index in [1.165, 1.54) is 6.20 Å². The van der Waals surface area contributed by atoms with E-state index in [1.807, 2.05) is 26.0 Å². The van der Waals surface area contributed by atoms with Crippen LogP contribution < -0.4 is 0 Å². The predicted octanol–water partition coefficient (Wildman–Crippen LogP) is 4.14. The van der Waals surface area contributed by atoms with E-state index in [-0.39, 0.29) is 0 Å². The Morgan fingerprint density at radius 3 is 2.75 bits per heavy atom. The fourth-order valence-electron chi connectivity index (χ4n) is 1.72. The maximum Gasteiger partial charge on any atom is 0.102 e. The fourth-order valence-corrected chi connectivity index (χ4v) is 2.36. The Morgan fingerprint density at radius 1 is 1.44 bits per heavy atom. The molecule has 2 rings (SSSR count). The fraction of sp³-hybridized carbons (Fsp3) is 0.167. The van der Waals surface area contributed by atoms with Gasteiger partial charge in [0.2, 0.25) is 0 Å². The lowest BCUT2D eigenvalue weighted by molar-refractivity contribution is 1.32. The van der Waals surface area contributed by atoms with E-state index < -0.39 is 0 Å². The minimum Gasteiger partial charge on any atom is -0.255 e. The van der Waals surface area contributed by atoms with Crippen molar-refractivity contribution in [3.05, 3.63) is 38.4 Å². The summed E-state index contributed by atoms with van der Waals surface area (Å²) in [7, 11) is 0. The van der Waals surface area contributed by atoms with Gasteiger partial charge < -0.3 is 0 Å². The van der Waals surface area contributed by atoms with Crippen molar-refractivity contribution in [3.63, 3.8) is 0 Å². The van der Waals surface area contributed by atoms with Gasteiger partial charge in [0.15, 0.2) is 0 Å². The maximum atomic E-state index is 8.91. The zero-order valence-corrected chi connectivity index (χ0v) is 11.1. The quantitative estimate of drug-likeness (QED) is 0.732. The first-order chi connectivity index (χ1) is 7.56. The molecule has 0 saturated carbocycles. The second-order valence-electron chi connectivity index (χ2n) is 3.62. The lowest BCUT2D eigenvalue weighted by Crippen LogP contribution is -1.91. The van der Waals surface area contributed by atoms with Crippen molar-refractivity contribution in [1.82, 2.24) is 4.98 Å². The van der Waals surface area contributed by atoms with E-state index in [1.54, 1.807) is 0 Å². The number of hydrogen-bond acceptors (Lipinski definition) is 2. The molecule has 0 fully saturated rings. The Morgan fingerprint density at radius 2 is 2.12 bits per heavy atom. The largest absolute Gasteiger partial charge is 0.255 e. The van der Waals surface area contributed by atoms with Crippen LogP contribution in [0.4, 0.5) is 0 Å². The molecule has 0 aliphatic carbocycles. The molecule has 2 nitrogen and oxygen atoms in total. The van der Waals surface area contributed by atoms with Crippen LogP contribution in [-0.4, -0.2) is 4.98 Å². The van der Waals surface area contributed by atoms with Gasteiger partial charge in [-0.1, -0.05) is 27.5 Å². The number of nitriles is 1. The highest BCUT2D eigenvalue weighted by molar-refractivity contribution is 9.10. The zero-order chi connectivity index (χ0) is 11.9. The van der Waals surface area contributed by atoms with Gasteiger partial charge in [0.1, 0.15) is 6.07 Å². The molecule has 4 heteroatoms. The van der Waals surface area contributed by atoms with Crippen LogP contribution in [0, 0.1) is 25.2 Å². The first-order valence-corrected chi connectivity index (χ1v) is 5.87. The molecule has 0 saturated heterocycles. The van der Waals surface area contributed by atoms with Crippen molar-refractivity contribution >= 4 is 38.4 Å². The Kier molecular flexibility index (Phi) is 2.88. The van der Waals surface area contributed by atoms with Gasteiger partial charge >= 0.3 is 0 Å². The van der Waals surface area contributed by atoms with E-state index >= 15 is 0 Å². The third-order valence-corrected chi connectivity index (χ3v) is 4.18. The van der Waals surface area contributed by atoms with Gasteiger partial charge in [-0.2, -0.15) is 5.26 Å². The Bertz CT molecular complexity index is 629. The molecule has 1 aromatic carbocycles. The van der Waals surface area contributed by atoms with Gasteiger partial charge in [-0.3, -0.25) is 4.98 Å². The summed E-state index contributed by atoms with van der Waals surface area (Å²) in [5, 5.41) is 10.2. The number of hydrogen-bond donors (Lipinski definition) is 0. The van der Waals surface area contributed by atoms with E-state index in [0.717, 1.165) is 26.5 Å². The summed E-state index contributed by atoms with van der Waals surface area (Å²) in [6.07, 6.45) is 1.51. The van der Waals surface area contributed by atoms with Gasteiger partial charge in [-0.25, -0.2) is 0 Å². The molecule has 0 radical (unpaired) electrons. The van der Waals surface area contributed by atoms with Crippen molar-refractivity contribution in [2.75, 3.05) is 0 Å². The summed E-state index contributed by atoms with van der Waals surface area (Å²) in [5.41, 5.74) is 3.36. The zero-order valence-electron chi connectivity index (χ0n) is 8.81. The summed E-state index contributed by atoms with van der Waals surface area (Å²) in [6, 6.07) is 4.00. The minimum absolute atomic E-state index is 0.410. The second kappa shape index (κ2) is 4.04. The van der Waals surface area contributed by atoms with E-state index in [0.29, 0.717) is 10.6 Å². The van der Waals surface area contributed by atoms with Crippen LogP contribution in [0.15, 0.2) is 16.7 Å². The summed E-state index contributed by atoms with van der Waals surface area (Å²) < 4.78 is 1.01. The summed E-state index contributed by atoms with van der Waals surface area (Å²) in [4.78, 5) is 4.25. The molecule has 0 atom stereocenters. The van der Waals surface area contributed by atoms with Gasteiger partial charge in [0.05, 0.1) is 16.1 Å². The lowest BCUT2D eigenvalue weighted by atomic mass is 10.0. The summed E-state index contributed by atoms with van der Waals surface area (Å²) in [6.45, 7) is 3.97. The molecule has 1 heterocycles. The molecule has 0 unspecified atom stereocenters. The molecule has 0 aliphatic heterocycles.